The summed E-state index contributed by atoms with van der Waals surface area (Å²) >= 11 is 0. The minimum absolute atomic E-state index is 0.0512. The predicted molar refractivity (Wildman–Crippen MR) is 301 cm³/mol. The highest BCUT2D eigenvalue weighted by molar-refractivity contribution is 7.89. The fourth-order valence-corrected chi connectivity index (χ4v) is 10.7. The molecule has 0 spiro atoms. The van der Waals surface area contributed by atoms with E-state index in [0.29, 0.717) is 153 Å². The fraction of sp³-hybridized carbons (Fsp3) is 0.492. The minimum Gasteiger partial charge on any atom is -0.491 e. The Kier molecular flexibility index (Phi) is 24.3. The van der Waals surface area contributed by atoms with Gasteiger partial charge < -0.3 is 53.0 Å². The molecule has 0 aliphatic carbocycles. The number of halogens is 1. The molecule has 2 saturated heterocycles. The SMILES string of the molecule is CC(C)(C)OC(=O)CNC(=O)c1ccc(S(=O)(=O)N2CCC(c3ccc(OCCOCCOCCOCCOCCOCCOCCC(=O)N4CCN(C(=O)c5cc(Cc6n[nH]c(=O)c7ccccc67)ccc5F)CC4)cc3)CC2)cc1. The van der Waals surface area contributed by atoms with Crippen LogP contribution in [0.5, 0.6) is 5.75 Å². The Morgan fingerprint density at radius 1 is 0.671 bits per heavy atom. The van der Waals surface area contributed by atoms with Crippen LogP contribution < -0.4 is 15.6 Å². The largest absolute Gasteiger partial charge is 0.491 e. The third-order valence-electron chi connectivity index (χ3n) is 13.5. The number of nitrogens with zero attached hydrogens (tertiary/aromatic N) is 4. The van der Waals surface area contributed by atoms with Crippen LogP contribution in [-0.2, 0) is 59.2 Å². The molecule has 0 atom stereocenters. The Morgan fingerprint density at radius 3 is 1.80 bits per heavy atom. The van der Waals surface area contributed by atoms with E-state index < -0.39 is 39.2 Å². The van der Waals surface area contributed by atoms with E-state index in [2.05, 4.69) is 15.5 Å². The maximum atomic E-state index is 14.9. The second kappa shape index (κ2) is 31.7. The molecule has 1 aromatic heterocycles. The second-order valence-corrected chi connectivity index (χ2v) is 22.5. The molecule has 21 nitrogen and oxygen atoms in total. The van der Waals surface area contributed by atoms with E-state index in [1.165, 1.54) is 40.7 Å². The number of fused-ring (bicyclic) bond motifs is 1. The molecule has 0 radical (unpaired) electrons. The van der Waals surface area contributed by atoms with Gasteiger partial charge in [-0.3, -0.25) is 24.0 Å². The molecule has 2 N–H and O–H groups in total. The van der Waals surface area contributed by atoms with Crippen molar-refractivity contribution >= 4 is 44.5 Å². The van der Waals surface area contributed by atoms with Crippen molar-refractivity contribution < 1.29 is 69.9 Å². The van der Waals surface area contributed by atoms with E-state index in [-0.39, 0.29) is 66.1 Å². The Balaban J connectivity index is 0.626. The van der Waals surface area contributed by atoms with Crippen molar-refractivity contribution in [2.45, 2.75) is 62.9 Å². The van der Waals surface area contributed by atoms with Crippen LogP contribution >= 0.6 is 0 Å². The maximum absolute atomic E-state index is 14.9. The van der Waals surface area contributed by atoms with Crippen LogP contribution in [0.15, 0.2) is 101 Å². The molecule has 0 saturated carbocycles. The highest BCUT2D eigenvalue weighted by atomic mass is 32.2. The lowest BCUT2D eigenvalue weighted by Gasteiger charge is -2.35. The van der Waals surface area contributed by atoms with Gasteiger partial charge in [-0.15, -0.1) is 0 Å². The van der Waals surface area contributed by atoms with Gasteiger partial charge in [-0.1, -0.05) is 36.4 Å². The van der Waals surface area contributed by atoms with Gasteiger partial charge in [-0.25, -0.2) is 17.9 Å². The lowest BCUT2D eigenvalue weighted by Crippen LogP contribution is -2.50. The third-order valence-corrected chi connectivity index (χ3v) is 15.4. The van der Waals surface area contributed by atoms with Gasteiger partial charge in [-0.05, 0) is 105 Å². The van der Waals surface area contributed by atoms with Crippen molar-refractivity contribution in [3.05, 3.63) is 135 Å². The first-order valence-corrected chi connectivity index (χ1v) is 29.1. The molecule has 23 heteroatoms. The molecule has 4 aromatic carbocycles. The summed E-state index contributed by atoms with van der Waals surface area (Å²) in [6.45, 7) is 11.8. The lowest BCUT2D eigenvalue weighted by molar-refractivity contribution is -0.153. The van der Waals surface area contributed by atoms with Gasteiger partial charge in [0, 0.05) is 56.6 Å². The number of rotatable bonds is 31. The zero-order valence-electron chi connectivity index (χ0n) is 46.9. The summed E-state index contributed by atoms with van der Waals surface area (Å²) in [7, 11) is -3.76. The van der Waals surface area contributed by atoms with Crippen LogP contribution in [0.25, 0.3) is 10.8 Å². The second-order valence-electron chi connectivity index (χ2n) is 20.5. The van der Waals surface area contributed by atoms with Crippen molar-refractivity contribution in [1.82, 2.24) is 29.6 Å². The predicted octanol–water partition coefficient (Wildman–Crippen LogP) is 5.15. The summed E-state index contributed by atoms with van der Waals surface area (Å²) in [4.78, 5) is 66.2. The van der Waals surface area contributed by atoms with E-state index in [9.17, 15) is 36.8 Å². The molecule has 5 aromatic rings. The van der Waals surface area contributed by atoms with E-state index >= 15 is 0 Å². The number of hydrogen-bond donors (Lipinski definition) is 2. The van der Waals surface area contributed by atoms with Crippen molar-refractivity contribution in [1.29, 1.82) is 0 Å². The van der Waals surface area contributed by atoms with Gasteiger partial charge in [-0.2, -0.15) is 9.40 Å². The number of aromatic amines is 1. The monoisotopic (exact) mass is 1160 g/mol. The van der Waals surface area contributed by atoms with Crippen molar-refractivity contribution in [3.8, 4) is 5.75 Å². The number of piperidine rings is 1. The number of benzene rings is 4. The van der Waals surface area contributed by atoms with Crippen molar-refractivity contribution in [2.24, 2.45) is 0 Å². The van der Waals surface area contributed by atoms with E-state index in [4.69, 9.17) is 37.9 Å². The summed E-state index contributed by atoms with van der Waals surface area (Å²) < 4.78 is 87.7. The summed E-state index contributed by atoms with van der Waals surface area (Å²) in [6, 6.07) is 25.0. The van der Waals surface area contributed by atoms with Crippen LogP contribution in [0, 0.1) is 5.82 Å². The molecule has 7 rings (SSSR count). The fourth-order valence-electron chi connectivity index (χ4n) is 9.24. The zero-order chi connectivity index (χ0) is 58.3. The first kappa shape index (κ1) is 62.9. The molecular formula is C59H75FN6O15S. The average molecular weight is 1160 g/mol. The van der Waals surface area contributed by atoms with Crippen LogP contribution in [-0.4, -0.2) is 194 Å². The minimum atomic E-state index is -3.76. The zero-order valence-corrected chi connectivity index (χ0v) is 47.7. The maximum Gasteiger partial charge on any atom is 0.325 e. The first-order chi connectivity index (χ1) is 39.6. The van der Waals surface area contributed by atoms with Gasteiger partial charge in [0.15, 0.2) is 0 Å². The van der Waals surface area contributed by atoms with Crippen LogP contribution in [0.1, 0.15) is 83.5 Å². The van der Waals surface area contributed by atoms with Gasteiger partial charge >= 0.3 is 5.97 Å². The number of hydrogen-bond acceptors (Lipinski definition) is 16. The summed E-state index contributed by atoms with van der Waals surface area (Å²) in [5.41, 5.74) is 1.61. The first-order valence-electron chi connectivity index (χ1n) is 27.7. The topological polar surface area (TPSA) is 244 Å². The number of amides is 3. The lowest BCUT2D eigenvalue weighted by atomic mass is 9.90. The van der Waals surface area contributed by atoms with Crippen molar-refractivity contribution in [2.75, 3.05) is 132 Å². The number of ether oxygens (including phenoxy) is 8. The molecule has 444 valence electrons. The number of aromatic nitrogens is 2. The van der Waals surface area contributed by atoms with Gasteiger partial charge in [0.2, 0.25) is 15.9 Å². The van der Waals surface area contributed by atoms with Crippen LogP contribution in [0.4, 0.5) is 4.39 Å². The highest BCUT2D eigenvalue weighted by Crippen LogP contribution is 2.32. The van der Waals surface area contributed by atoms with Gasteiger partial charge in [0.05, 0.1) is 107 Å². The van der Waals surface area contributed by atoms with E-state index in [0.717, 1.165) is 5.56 Å². The normalized spacial score (nSPS) is 14.5. The smallest absolute Gasteiger partial charge is 0.325 e. The number of esters is 1. The molecule has 0 bridgehead atoms. The molecule has 3 amide bonds. The molecule has 2 fully saturated rings. The van der Waals surface area contributed by atoms with Crippen molar-refractivity contribution in [3.63, 3.8) is 0 Å². The quantitative estimate of drug-likeness (QED) is 0.0431. The van der Waals surface area contributed by atoms with Crippen LogP contribution in [0.2, 0.25) is 0 Å². The highest BCUT2D eigenvalue weighted by Gasteiger charge is 2.31. The van der Waals surface area contributed by atoms with Gasteiger partial charge in [0.1, 0.15) is 30.3 Å². The standard InChI is InChI=1S/C59H75FN6O15S/c1-59(2,3)81-55(68)42-61-56(69)46-11-15-48(16-12-46)82(72,73)66-21-18-45(19-22-66)44-9-13-47(14-10-44)80-39-38-79-37-36-78-35-34-77-33-32-76-31-30-75-29-28-74-27-20-54(67)64-23-25-65(26-24-64)58(71)51-40-43(8-17-52(51)60)41-53-49-6-4-5-7-50(49)57(70)63-62-53/h4-17,40,45H,18-39,41-42H2,1-3H3,(H,61,69)(H,63,70). The Hall–Kier alpha value is -6.70. The number of sulfonamides is 1. The molecule has 2 aliphatic rings. The average Bonchev–Trinajstić information content (AvgIpc) is 3.57. The van der Waals surface area contributed by atoms with Crippen LogP contribution in [0.3, 0.4) is 0 Å². The summed E-state index contributed by atoms with van der Waals surface area (Å²) in [5, 5.41) is 10.4. The Labute approximate surface area is 477 Å². The van der Waals surface area contributed by atoms with E-state index in [1.807, 2.05) is 30.3 Å². The number of nitrogens with one attached hydrogen (secondary N) is 2. The summed E-state index contributed by atoms with van der Waals surface area (Å²) in [5.74, 6) is -1.32. The number of H-pyrrole nitrogens is 1. The molecule has 2 aliphatic heterocycles. The Bertz CT molecular complexity index is 3030. The van der Waals surface area contributed by atoms with E-state index in [1.54, 1.807) is 54.8 Å². The Morgan fingerprint density at radius 2 is 1.22 bits per heavy atom. The molecule has 82 heavy (non-hydrogen) atoms. The number of carbonyl (C=O) groups is 4. The van der Waals surface area contributed by atoms with Gasteiger partial charge in [0.25, 0.3) is 17.4 Å². The molecule has 0 unspecified atom stereocenters. The number of carbonyl (C=O) groups excluding carboxylic acids is 4. The third kappa shape index (κ3) is 19.5. The molecular weight excluding hydrogens is 1080 g/mol. The number of piperazine rings is 1. The molecule has 3 heterocycles. The summed E-state index contributed by atoms with van der Waals surface area (Å²) in [6.07, 6.45) is 1.81.